The van der Waals surface area contributed by atoms with Crippen LogP contribution in [-0.2, 0) is 0 Å². The van der Waals surface area contributed by atoms with Crippen LogP contribution in [0.3, 0.4) is 0 Å². The van der Waals surface area contributed by atoms with E-state index in [1.165, 1.54) is 0 Å². The van der Waals surface area contributed by atoms with Gasteiger partial charge in [-0.1, -0.05) is 18.2 Å². The van der Waals surface area contributed by atoms with E-state index in [0.29, 0.717) is 5.75 Å². The number of hydrogen-bond acceptors (Lipinski definition) is 4. The van der Waals surface area contributed by atoms with Gasteiger partial charge < -0.3 is 4.74 Å². The lowest BCUT2D eigenvalue weighted by molar-refractivity contribution is 0.480. The SMILES string of the molecule is C1=CC(c2nc(-c3ccc(Oc4cccnc4)cc3)n3ccncc23)=C1. The van der Waals surface area contributed by atoms with Crippen LogP contribution in [0.5, 0.6) is 11.5 Å². The lowest BCUT2D eigenvalue weighted by Gasteiger charge is -2.06. The minimum absolute atomic E-state index is 0.712. The summed E-state index contributed by atoms with van der Waals surface area (Å²) in [5.41, 5.74) is 4.08. The van der Waals surface area contributed by atoms with Crippen LogP contribution in [-0.4, -0.2) is 19.4 Å². The molecule has 0 fully saturated rings. The molecule has 0 radical (unpaired) electrons. The molecule has 124 valence electrons. The molecule has 5 rings (SSSR count). The molecule has 0 unspecified atom stereocenters. The molecule has 0 aliphatic heterocycles. The standard InChI is InChI=1S/C21H14N4O/c1-3-15(4-1)20-19-14-23-11-12-25(19)21(24-20)16-6-8-17(9-7-16)26-18-5-2-10-22-13-18/h1-14H. The van der Waals surface area contributed by atoms with Crippen LogP contribution < -0.4 is 4.74 Å². The molecule has 3 aromatic heterocycles. The molecule has 1 aromatic carbocycles. The first-order valence-corrected chi connectivity index (χ1v) is 8.28. The maximum absolute atomic E-state index is 5.81. The van der Waals surface area contributed by atoms with Crippen molar-refractivity contribution in [3.63, 3.8) is 0 Å². The molecule has 26 heavy (non-hydrogen) atoms. The summed E-state index contributed by atoms with van der Waals surface area (Å²) in [6.45, 7) is 0. The van der Waals surface area contributed by atoms with E-state index in [2.05, 4.69) is 26.5 Å². The Balaban J connectivity index is 1.52. The van der Waals surface area contributed by atoms with Crippen molar-refractivity contribution in [3.05, 3.63) is 91.3 Å². The second-order valence-corrected chi connectivity index (χ2v) is 5.91. The molecule has 5 nitrogen and oxygen atoms in total. The summed E-state index contributed by atoms with van der Waals surface area (Å²) in [6, 6.07) is 11.6. The van der Waals surface area contributed by atoms with Crippen LogP contribution in [0.25, 0.3) is 22.5 Å². The Hall–Kier alpha value is -3.73. The Kier molecular flexibility index (Phi) is 3.35. The molecule has 0 bridgehead atoms. The van der Waals surface area contributed by atoms with Gasteiger partial charge in [-0.2, -0.15) is 0 Å². The lowest BCUT2D eigenvalue weighted by Crippen LogP contribution is -1.90. The summed E-state index contributed by atoms with van der Waals surface area (Å²) >= 11 is 0. The number of nitrogens with zero attached hydrogens (tertiary/aromatic N) is 4. The number of fused-ring (bicyclic) bond motifs is 1. The zero-order valence-corrected chi connectivity index (χ0v) is 13.8. The first kappa shape index (κ1) is 14.6. The van der Waals surface area contributed by atoms with Gasteiger partial charge >= 0.3 is 0 Å². The van der Waals surface area contributed by atoms with Gasteiger partial charge in [-0.05, 0) is 36.4 Å². The van der Waals surface area contributed by atoms with Gasteiger partial charge in [0.05, 0.1) is 23.6 Å². The maximum atomic E-state index is 5.81. The van der Waals surface area contributed by atoms with E-state index in [4.69, 9.17) is 9.72 Å². The molecular weight excluding hydrogens is 324 g/mol. The van der Waals surface area contributed by atoms with E-state index in [1.807, 2.05) is 54.9 Å². The molecule has 3 heterocycles. The van der Waals surface area contributed by atoms with Gasteiger partial charge in [-0.15, -0.1) is 0 Å². The normalized spacial score (nSPS) is 12.7. The van der Waals surface area contributed by atoms with Crippen molar-refractivity contribution in [2.24, 2.45) is 0 Å². The summed E-state index contributed by atoms with van der Waals surface area (Å²) in [7, 11) is 0. The van der Waals surface area contributed by atoms with Gasteiger partial charge in [0.25, 0.3) is 0 Å². The minimum Gasteiger partial charge on any atom is -0.456 e. The molecular formula is C21H14N4O. The van der Waals surface area contributed by atoms with E-state index >= 15 is 0 Å². The number of aromatic nitrogens is 4. The Morgan fingerprint density at radius 3 is 2.46 bits per heavy atom. The number of imidazole rings is 1. The summed E-state index contributed by atoms with van der Waals surface area (Å²) < 4.78 is 7.87. The van der Waals surface area contributed by atoms with Crippen molar-refractivity contribution in [2.45, 2.75) is 0 Å². The summed E-state index contributed by atoms with van der Waals surface area (Å²) in [5.74, 6) is 2.35. The summed E-state index contributed by atoms with van der Waals surface area (Å²) in [4.78, 5) is 13.1. The average Bonchev–Trinajstić information content (AvgIpc) is 3.01. The smallest absolute Gasteiger partial charge is 0.145 e. The van der Waals surface area contributed by atoms with Crippen LogP contribution in [0.1, 0.15) is 5.69 Å². The van der Waals surface area contributed by atoms with Gasteiger partial charge in [0.15, 0.2) is 0 Å². The van der Waals surface area contributed by atoms with Gasteiger partial charge in [0.2, 0.25) is 0 Å². The Bertz CT molecular complexity index is 1140. The first-order valence-electron chi connectivity index (χ1n) is 8.28. The molecule has 4 aromatic rings. The van der Waals surface area contributed by atoms with Crippen LogP contribution in [0, 0.1) is 0 Å². The third-order valence-electron chi connectivity index (χ3n) is 4.25. The number of pyridine rings is 1. The zero-order valence-electron chi connectivity index (χ0n) is 13.8. The molecule has 0 spiro atoms. The monoisotopic (exact) mass is 338 g/mol. The molecule has 0 atom stereocenters. The zero-order chi connectivity index (χ0) is 17.3. The molecule has 0 saturated carbocycles. The van der Waals surface area contributed by atoms with Gasteiger partial charge in [-0.25, -0.2) is 4.98 Å². The number of rotatable bonds is 4. The van der Waals surface area contributed by atoms with E-state index in [9.17, 15) is 0 Å². The van der Waals surface area contributed by atoms with Crippen LogP contribution >= 0.6 is 0 Å². The Morgan fingerprint density at radius 1 is 0.885 bits per heavy atom. The fourth-order valence-electron chi connectivity index (χ4n) is 2.92. The van der Waals surface area contributed by atoms with Gasteiger partial charge in [0.1, 0.15) is 17.3 Å². The highest BCUT2D eigenvalue weighted by Crippen LogP contribution is 2.31. The number of benzene rings is 1. The third kappa shape index (κ3) is 2.46. The largest absolute Gasteiger partial charge is 0.456 e. The Morgan fingerprint density at radius 2 is 1.73 bits per heavy atom. The van der Waals surface area contributed by atoms with E-state index in [-0.39, 0.29) is 0 Å². The molecule has 1 aliphatic carbocycles. The predicted octanol–water partition coefficient (Wildman–Crippen LogP) is 4.54. The highest BCUT2D eigenvalue weighted by atomic mass is 16.5. The third-order valence-corrected chi connectivity index (χ3v) is 4.25. The van der Waals surface area contributed by atoms with Crippen LogP contribution in [0.4, 0.5) is 0 Å². The second kappa shape index (κ2) is 5.97. The van der Waals surface area contributed by atoms with Crippen molar-refractivity contribution in [1.82, 2.24) is 19.4 Å². The van der Waals surface area contributed by atoms with Crippen molar-refractivity contribution in [1.29, 1.82) is 0 Å². The van der Waals surface area contributed by atoms with E-state index in [1.54, 1.807) is 18.6 Å². The number of ether oxygens (including phenoxy) is 1. The van der Waals surface area contributed by atoms with E-state index < -0.39 is 0 Å². The number of hydrogen-bond donors (Lipinski definition) is 0. The van der Waals surface area contributed by atoms with Crippen molar-refractivity contribution in [3.8, 4) is 22.9 Å². The van der Waals surface area contributed by atoms with E-state index in [0.717, 1.165) is 33.9 Å². The Labute approximate surface area is 150 Å². The second-order valence-electron chi connectivity index (χ2n) is 5.91. The summed E-state index contributed by atoms with van der Waals surface area (Å²) in [5, 5.41) is 0. The fourth-order valence-corrected chi connectivity index (χ4v) is 2.92. The minimum atomic E-state index is 0.712. The lowest BCUT2D eigenvalue weighted by atomic mass is 10.1. The molecule has 1 aliphatic rings. The average molecular weight is 338 g/mol. The predicted molar refractivity (Wildman–Crippen MR) is 99.9 cm³/mol. The molecule has 0 amide bonds. The summed E-state index contributed by atoms with van der Waals surface area (Å²) in [6.07, 6.45) is 15.1. The molecule has 0 N–H and O–H groups in total. The molecule has 0 saturated heterocycles. The van der Waals surface area contributed by atoms with Crippen molar-refractivity contribution in [2.75, 3.05) is 0 Å². The van der Waals surface area contributed by atoms with Crippen molar-refractivity contribution < 1.29 is 4.74 Å². The quantitative estimate of drug-likeness (QED) is 0.548. The number of allylic oxidation sites excluding steroid dienone is 4. The van der Waals surface area contributed by atoms with Crippen LogP contribution in [0.2, 0.25) is 0 Å². The maximum Gasteiger partial charge on any atom is 0.145 e. The highest BCUT2D eigenvalue weighted by molar-refractivity contribution is 5.88. The highest BCUT2D eigenvalue weighted by Gasteiger charge is 2.16. The topological polar surface area (TPSA) is 52.3 Å². The van der Waals surface area contributed by atoms with Crippen molar-refractivity contribution >= 4 is 11.1 Å². The van der Waals surface area contributed by atoms with Crippen LogP contribution in [0.15, 0.2) is 85.6 Å². The van der Waals surface area contributed by atoms with Gasteiger partial charge in [-0.3, -0.25) is 14.4 Å². The first-order chi connectivity index (χ1) is 12.9. The molecule has 5 heteroatoms. The fraction of sp³-hybridized carbons (Fsp3) is 0. The van der Waals surface area contributed by atoms with Gasteiger partial charge in [0, 0.05) is 29.7 Å².